The number of rotatable bonds is 10. The van der Waals surface area contributed by atoms with E-state index in [9.17, 15) is 13.7 Å². The summed E-state index contributed by atoms with van der Waals surface area (Å²) in [5.41, 5.74) is 2.32. The minimum Gasteiger partial charge on any atom is -0.383 e. The van der Waals surface area contributed by atoms with Crippen molar-refractivity contribution in [2.24, 2.45) is 0 Å². The minimum atomic E-state index is -3.32. The third-order valence-electron chi connectivity index (χ3n) is 6.17. The highest BCUT2D eigenvalue weighted by molar-refractivity contribution is 7.89. The van der Waals surface area contributed by atoms with E-state index in [0.717, 1.165) is 21.5 Å². The van der Waals surface area contributed by atoms with Crippen LogP contribution in [0.5, 0.6) is 0 Å². The van der Waals surface area contributed by atoms with Gasteiger partial charge < -0.3 is 10.1 Å². The highest BCUT2D eigenvalue weighted by Crippen LogP contribution is 2.37. The summed E-state index contributed by atoms with van der Waals surface area (Å²) in [5.74, 6) is 0.448. The Balaban J connectivity index is 1.44. The molecule has 0 unspecified atom stereocenters. The minimum absolute atomic E-state index is 0.0261. The summed E-state index contributed by atoms with van der Waals surface area (Å²) in [5, 5.41) is 23.4. The number of nitrogens with zero attached hydrogens (tertiary/aromatic N) is 8. The number of hydrogen-bond donors (Lipinski definition) is 1. The lowest BCUT2D eigenvalue weighted by Crippen LogP contribution is -2.64. The van der Waals surface area contributed by atoms with E-state index >= 15 is 0 Å². The number of aromatic nitrogens is 6. The molecular weight excluding hydrogens is 502 g/mol. The first-order chi connectivity index (χ1) is 17.4. The zero-order chi connectivity index (χ0) is 25.3. The summed E-state index contributed by atoms with van der Waals surface area (Å²) >= 11 is 1.53. The molecule has 0 saturated carbocycles. The van der Waals surface area contributed by atoms with Gasteiger partial charge in [0.2, 0.25) is 16.0 Å². The summed E-state index contributed by atoms with van der Waals surface area (Å²) in [6, 6.07) is 4.12. The summed E-state index contributed by atoms with van der Waals surface area (Å²) in [6.07, 6.45) is 7.25. The maximum absolute atomic E-state index is 12.3. The van der Waals surface area contributed by atoms with Crippen LogP contribution in [0.2, 0.25) is 0 Å². The van der Waals surface area contributed by atoms with Gasteiger partial charge in [-0.25, -0.2) is 18.4 Å². The van der Waals surface area contributed by atoms with Gasteiger partial charge in [-0.2, -0.15) is 19.8 Å². The lowest BCUT2D eigenvalue weighted by atomic mass is 9.89. The van der Waals surface area contributed by atoms with E-state index in [0.29, 0.717) is 24.8 Å². The summed E-state index contributed by atoms with van der Waals surface area (Å²) in [6.45, 7) is 3.24. The molecule has 0 atom stereocenters. The van der Waals surface area contributed by atoms with Crippen molar-refractivity contribution in [1.82, 2.24) is 33.8 Å². The van der Waals surface area contributed by atoms with Gasteiger partial charge >= 0.3 is 0 Å². The second kappa shape index (κ2) is 9.58. The van der Waals surface area contributed by atoms with E-state index in [1.54, 1.807) is 35.8 Å². The first-order valence-electron chi connectivity index (χ1n) is 11.3. The molecule has 4 aromatic heterocycles. The third kappa shape index (κ3) is 4.46. The molecule has 1 aliphatic rings. The zero-order valence-corrected chi connectivity index (χ0v) is 21.5. The third-order valence-corrected chi connectivity index (χ3v) is 8.85. The van der Waals surface area contributed by atoms with Crippen LogP contribution in [0.3, 0.4) is 0 Å². The van der Waals surface area contributed by atoms with Gasteiger partial charge in [-0.1, -0.05) is 0 Å². The Morgan fingerprint density at radius 3 is 2.83 bits per heavy atom. The van der Waals surface area contributed by atoms with Crippen LogP contribution in [0.25, 0.3) is 21.5 Å². The van der Waals surface area contributed by atoms with E-state index in [-0.39, 0.29) is 25.3 Å². The molecule has 1 saturated heterocycles. The van der Waals surface area contributed by atoms with Crippen LogP contribution in [0.1, 0.15) is 13.3 Å². The number of anilines is 2. The fourth-order valence-corrected chi connectivity index (χ4v) is 6.24. The molecule has 12 nitrogen and oxygen atoms in total. The average Bonchev–Trinajstić information content (AvgIpc) is 3.60. The van der Waals surface area contributed by atoms with Gasteiger partial charge in [0.15, 0.2) is 0 Å². The molecule has 1 fully saturated rings. The number of ether oxygens (including phenoxy) is 1. The maximum Gasteiger partial charge on any atom is 0.228 e. The van der Waals surface area contributed by atoms with Crippen LogP contribution in [-0.4, -0.2) is 74.8 Å². The Bertz CT molecular complexity index is 1530. The highest BCUT2D eigenvalue weighted by Gasteiger charge is 2.49. The zero-order valence-electron chi connectivity index (χ0n) is 19.8. The first-order valence-corrected chi connectivity index (χ1v) is 13.8. The Labute approximate surface area is 212 Å². The van der Waals surface area contributed by atoms with Gasteiger partial charge in [-0.3, -0.25) is 9.36 Å². The van der Waals surface area contributed by atoms with Crippen LogP contribution < -0.4 is 5.32 Å². The molecule has 1 aliphatic heterocycles. The molecule has 188 valence electrons. The number of sulfonamides is 1. The number of fused-ring (bicyclic) bond motifs is 1. The average molecular weight is 528 g/mol. The SMILES string of the molecule is CCS(=O)(=O)N1CC(CC#N)(n2cc(-c3nc(Nc4cnn(CCOC)c4)nc4ccsc34)cn2)C1. The van der Waals surface area contributed by atoms with Crippen molar-refractivity contribution >= 4 is 43.2 Å². The molecule has 0 bridgehead atoms. The largest absolute Gasteiger partial charge is 0.383 e. The molecule has 0 spiro atoms. The van der Waals surface area contributed by atoms with Crippen LogP contribution in [-0.2, 0) is 26.8 Å². The van der Waals surface area contributed by atoms with Crippen molar-refractivity contribution in [2.45, 2.75) is 25.4 Å². The van der Waals surface area contributed by atoms with Crippen molar-refractivity contribution in [2.75, 3.05) is 37.9 Å². The van der Waals surface area contributed by atoms with Crippen LogP contribution >= 0.6 is 11.3 Å². The second-order valence-corrected chi connectivity index (χ2v) is 11.7. The van der Waals surface area contributed by atoms with Crippen LogP contribution in [0.4, 0.5) is 11.6 Å². The summed E-state index contributed by atoms with van der Waals surface area (Å²) in [4.78, 5) is 9.39. The van der Waals surface area contributed by atoms with Crippen LogP contribution in [0, 0.1) is 11.3 Å². The molecule has 4 aromatic rings. The van der Waals surface area contributed by atoms with E-state index in [1.165, 1.54) is 15.6 Å². The molecule has 14 heteroatoms. The Hall–Kier alpha value is -3.38. The molecule has 0 amide bonds. The lowest BCUT2D eigenvalue weighted by molar-refractivity contribution is 0.0719. The molecule has 0 radical (unpaired) electrons. The van der Waals surface area contributed by atoms with Crippen LogP contribution in [0.15, 0.2) is 36.2 Å². The monoisotopic (exact) mass is 527 g/mol. The van der Waals surface area contributed by atoms with Crippen molar-refractivity contribution in [3.8, 4) is 17.3 Å². The summed E-state index contributed by atoms with van der Waals surface area (Å²) < 4.78 is 35.4. The van der Waals surface area contributed by atoms with E-state index in [4.69, 9.17) is 9.72 Å². The number of thiophene rings is 1. The topological polar surface area (TPSA) is 144 Å². The number of nitrogens with one attached hydrogen (secondary N) is 1. The van der Waals surface area contributed by atoms with E-state index in [2.05, 4.69) is 26.6 Å². The van der Waals surface area contributed by atoms with Crippen molar-refractivity contribution in [1.29, 1.82) is 5.26 Å². The molecular formula is C22H25N9O3S2. The molecule has 0 aliphatic carbocycles. The van der Waals surface area contributed by atoms with Gasteiger partial charge in [0.05, 0.1) is 65.4 Å². The number of hydrogen-bond acceptors (Lipinski definition) is 10. The normalized spacial score (nSPS) is 15.6. The van der Waals surface area contributed by atoms with Gasteiger partial charge in [-0.15, -0.1) is 11.3 Å². The number of methoxy groups -OCH3 is 1. The molecule has 36 heavy (non-hydrogen) atoms. The Morgan fingerprint density at radius 2 is 2.08 bits per heavy atom. The Morgan fingerprint density at radius 1 is 1.25 bits per heavy atom. The van der Waals surface area contributed by atoms with Gasteiger partial charge in [0.25, 0.3) is 0 Å². The number of nitriles is 1. The summed E-state index contributed by atoms with van der Waals surface area (Å²) in [7, 11) is -1.68. The van der Waals surface area contributed by atoms with E-state index in [1.807, 2.05) is 23.8 Å². The molecule has 0 aromatic carbocycles. The van der Waals surface area contributed by atoms with Crippen molar-refractivity contribution in [3.63, 3.8) is 0 Å². The quantitative estimate of drug-likeness (QED) is 0.329. The predicted molar refractivity (Wildman–Crippen MR) is 135 cm³/mol. The smallest absolute Gasteiger partial charge is 0.228 e. The molecule has 1 N–H and O–H groups in total. The van der Waals surface area contributed by atoms with Crippen molar-refractivity contribution in [3.05, 3.63) is 36.2 Å². The fraction of sp³-hybridized carbons (Fsp3) is 0.409. The molecule has 5 heterocycles. The highest BCUT2D eigenvalue weighted by atomic mass is 32.2. The fourth-order valence-electron chi connectivity index (χ4n) is 4.16. The standard InChI is InChI=1S/C22H25N9O3S2/c1-3-36(32,33)30-14-22(15-30,5-6-23)31-12-16(10-25-31)19-20-18(4-9-35-20)27-21(28-19)26-17-11-24-29(13-17)7-8-34-2/h4,9-13H,3,5,7-8,14-15H2,1-2H3,(H,26,27,28). The maximum atomic E-state index is 12.3. The first kappa shape index (κ1) is 24.3. The van der Waals surface area contributed by atoms with Gasteiger partial charge in [0, 0.05) is 38.2 Å². The van der Waals surface area contributed by atoms with E-state index < -0.39 is 15.6 Å². The second-order valence-electron chi connectivity index (χ2n) is 8.54. The van der Waals surface area contributed by atoms with Gasteiger partial charge in [0.1, 0.15) is 5.54 Å². The predicted octanol–water partition coefficient (Wildman–Crippen LogP) is 2.42. The van der Waals surface area contributed by atoms with Gasteiger partial charge in [-0.05, 0) is 18.4 Å². The Kier molecular flexibility index (Phi) is 6.47. The molecule has 5 rings (SSSR count). The van der Waals surface area contributed by atoms with Crippen molar-refractivity contribution < 1.29 is 13.2 Å². The lowest BCUT2D eigenvalue weighted by Gasteiger charge is -2.47.